The van der Waals surface area contributed by atoms with Crippen molar-refractivity contribution in [3.8, 4) is 0 Å². The smallest absolute Gasteiger partial charge is 0.307 e. The molecule has 0 radical (unpaired) electrons. The van der Waals surface area contributed by atoms with Crippen molar-refractivity contribution in [2.24, 2.45) is 0 Å². The molecule has 70 valence electrons. The molecular formula is C9H8BrIO2. The van der Waals surface area contributed by atoms with Crippen LogP contribution in [0.15, 0.2) is 16.6 Å². The van der Waals surface area contributed by atoms with Gasteiger partial charge in [-0.3, -0.25) is 4.79 Å². The highest BCUT2D eigenvalue weighted by molar-refractivity contribution is 14.1. The van der Waals surface area contributed by atoms with E-state index in [1.807, 2.05) is 19.1 Å². The summed E-state index contributed by atoms with van der Waals surface area (Å²) in [6.45, 7) is 1.92. The molecule has 0 saturated carbocycles. The Morgan fingerprint density at radius 1 is 1.62 bits per heavy atom. The number of carboxylic acid groups (broad SMARTS) is 1. The lowest BCUT2D eigenvalue weighted by Crippen LogP contribution is -2.04. The molecule has 0 aliphatic carbocycles. The van der Waals surface area contributed by atoms with E-state index in [4.69, 9.17) is 5.11 Å². The van der Waals surface area contributed by atoms with Crippen LogP contribution in [0.5, 0.6) is 0 Å². The number of hydrogen-bond acceptors (Lipinski definition) is 1. The van der Waals surface area contributed by atoms with Gasteiger partial charge in [0.15, 0.2) is 0 Å². The minimum Gasteiger partial charge on any atom is -0.481 e. The zero-order valence-corrected chi connectivity index (χ0v) is 10.7. The van der Waals surface area contributed by atoms with Gasteiger partial charge >= 0.3 is 5.97 Å². The van der Waals surface area contributed by atoms with Crippen LogP contribution in [0.3, 0.4) is 0 Å². The molecule has 0 bridgehead atoms. The molecule has 1 aromatic carbocycles. The average molecular weight is 355 g/mol. The maximum Gasteiger partial charge on any atom is 0.307 e. The Morgan fingerprint density at radius 2 is 2.23 bits per heavy atom. The van der Waals surface area contributed by atoms with E-state index in [9.17, 15) is 4.79 Å². The zero-order valence-electron chi connectivity index (χ0n) is 6.97. The molecule has 2 nitrogen and oxygen atoms in total. The van der Waals surface area contributed by atoms with Crippen molar-refractivity contribution in [3.63, 3.8) is 0 Å². The molecule has 0 fully saturated rings. The first-order valence-corrected chi connectivity index (χ1v) is 5.55. The van der Waals surface area contributed by atoms with Crippen molar-refractivity contribution >= 4 is 44.5 Å². The van der Waals surface area contributed by atoms with Crippen LogP contribution in [-0.2, 0) is 11.2 Å². The van der Waals surface area contributed by atoms with Crippen molar-refractivity contribution in [1.82, 2.24) is 0 Å². The van der Waals surface area contributed by atoms with Gasteiger partial charge in [0.25, 0.3) is 0 Å². The lowest BCUT2D eigenvalue weighted by atomic mass is 10.1. The standard InChI is InChI=1S/C9H8BrIO2/c1-5-2-3-7(10)9(11)6(5)4-8(12)13/h2-3H,4H2,1H3,(H,12,13). The zero-order chi connectivity index (χ0) is 10.0. The summed E-state index contributed by atoms with van der Waals surface area (Å²) in [6.07, 6.45) is 0.0869. The number of rotatable bonds is 2. The number of hydrogen-bond donors (Lipinski definition) is 1. The van der Waals surface area contributed by atoms with Gasteiger partial charge in [0.05, 0.1) is 6.42 Å². The van der Waals surface area contributed by atoms with E-state index in [2.05, 4.69) is 38.5 Å². The SMILES string of the molecule is Cc1ccc(Br)c(I)c1CC(=O)O. The second-order valence-corrected chi connectivity index (χ2v) is 4.66. The van der Waals surface area contributed by atoms with Gasteiger partial charge in [-0.2, -0.15) is 0 Å². The molecule has 1 aromatic rings. The van der Waals surface area contributed by atoms with Gasteiger partial charge in [0, 0.05) is 8.04 Å². The highest BCUT2D eigenvalue weighted by atomic mass is 127. The van der Waals surface area contributed by atoms with Crippen molar-refractivity contribution in [2.45, 2.75) is 13.3 Å². The molecule has 0 aliphatic rings. The first-order valence-electron chi connectivity index (χ1n) is 3.67. The third kappa shape index (κ3) is 2.67. The van der Waals surface area contributed by atoms with Crippen LogP contribution in [0, 0.1) is 10.5 Å². The van der Waals surface area contributed by atoms with Gasteiger partial charge in [-0.25, -0.2) is 0 Å². The first-order chi connectivity index (χ1) is 6.02. The number of aliphatic carboxylic acids is 1. The van der Waals surface area contributed by atoms with Crippen LogP contribution in [-0.4, -0.2) is 11.1 Å². The third-order valence-corrected chi connectivity index (χ3v) is 4.39. The highest BCUT2D eigenvalue weighted by Crippen LogP contribution is 2.25. The molecule has 0 unspecified atom stereocenters. The molecule has 0 aliphatic heterocycles. The fourth-order valence-corrected chi connectivity index (χ4v) is 2.22. The van der Waals surface area contributed by atoms with Crippen molar-refractivity contribution in [3.05, 3.63) is 31.3 Å². The van der Waals surface area contributed by atoms with E-state index in [1.54, 1.807) is 0 Å². The number of carbonyl (C=O) groups is 1. The second-order valence-electron chi connectivity index (χ2n) is 2.73. The molecule has 0 saturated heterocycles. The molecule has 4 heteroatoms. The summed E-state index contributed by atoms with van der Waals surface area (Å²) in [6, 6.07) is 3.85. The molecule has 1 rings (SSSR count). The van der Waals surface area contributed by atoms with E-state index in [-0.39, 0.29) is 6.42 Å². The van der Waals surface area contributed by atoms with E-state index >= 15 is 0 Å². The van der Waals surface area contributed by atoms with Crippen LogP contribution in [0.4, 0.5) is 0 Å². The van der Waals surface area contributed by atoms with Gasteiger partial charge in [0.1, 0.15) is 0 Å². The van der Waals surface area contributed by atoms with Crippen molar-refractivity contribution in [2.75, 3.05) is 0 Å². The monoisotopic (exact) mass is 354 g/mol. The molecule has 0 atom stereocenters. The summed E-state index contributed by atoms with van der Waals surface area (Å²) < 4.78 is 1.94. The minimum atomic E-state index is -0.792. The van der Waals surface area contributed by atoms with Crippen LogP contribution >= 0.6 is 38.5 Å². The first kappa shape index (κ1) is 11.0. The van der Waals surface area contributed by atoms with Crippen molar-refractivity contribution in [1.29, 1.82) is 0 Å². The predicted molar refractivity (Wildman–Crippen MR) is 62.9 cm³/mol. The lowest BCUT2D eigenvalue weighted by molar-refractivity contribution is -0.136. The fraction of sp³-hybridized carbons (Fsp3) is 0.222. The van der Waals surface area contributed by atoms with Gasteiger partial charge in [-0.1, -0.05) is 6.07 Å². The summed E-state index contributed by atoms with van der Waals surface area (Å²) >= 11 is 5.52. The molecule has 0 heterocycles. The van der Waals surface area contributed by atoms with Crippen LogP contribution < -0.4 is 0 Å². The van der Waals surface area contributed by atoms with E-state index in [0.717, 1.165) is 19.2 Å². The van der Waals surface area contributed by atoms with Gasteiger partial charge in [-0.05, 0) is 62.6 Å². The molecule has 1 N–H and O–H groups in total. The van der Waals surface area contributed by atoms with Crippen LogP contribution in [0.1, 0.15) is 11.1 Å². The Morgan fingerprint density at radius 3 is 2.77 bits per heavy atom. The Hall–Kier alpha value is -0.100. The molecule has 0 aromatic heterocycles. The highest BCUT2D eigenvalue weighted by Gasteiger charge is 2.10. The normalized spacial score (nSPS) is 10.1. The fourth-order valence-electron chi connectivity index (χ4n) is 1.06. The van der Waals surface area contributed by atoms with Crippen LogP contribution in [0.25, 0.3) is 0 Å². The third-order valence-electron chi connectivity index (χ3n) is 1.76. The maximum atomic E-state index is 10.6. The summed E-state index contributed by atoms with van der Waals surface area (Å²) in [5.74, 6) is -0.792. The largest absolute Gasteiger partial charge is 0.481 e. The van der Waals surface area contributed by atoms with Crippen LogP contribution in [0.2, 0.25) is 0 Å². The topological polar surface area (TPSA) is 37.3 Å². The lowest BCUT2D eigenvalue weighted by Gasteiger charge is -2.07. The Kier molecular flexibility index (Phi) is 3.73. The maximum absolute atomic E-state index is 10.6. The van der Waals surface area contributed by atoms with Gasteiger partial charge in [-0.15, -0.1) is 0 Å². The molecule has 0 spiro atoms. The van der Waals surface area contributed by atoms with E-state index in [1.165, 1.54) is 0 Å². The summed E-state index contributed by atoms with van der Waals surface area (Å²) in [5, 5.41) is 8.69. The molecular weight excluding hydrogens is 347 g/mol. The number of aryl methyl sites for hydroxylation is 1. The summed E-state index contributed by atoms with van der Waals surface area (Å²) in [7, 11) is 0. The Bertz CT molecular complexity index is 350. The number of benzene rings is 1. The molecule has 0 amide bonds. The number of halogens is 2. The quantitative estimate of drug-likeness (QED) is 0.829. The predicted octanol–water partition coefficient (Wildman–Crippen LogP) is 2.99. The van der Waals surface area contributed by atoms with Crippen molar-refractivity contribution < 1.29 is 9.90 Å². The summed E-state index contributed by atoms with van der Waals surface area (Å²) in [5.41, 5.74) is 1.91. The van der Waals surface area contributed by atoms with E-state index < -0.39 is 5.97 Å². The molecule has 13 heavy (non-hydrogen) atoms. The van der Waals surface area contributed by atoms with Gasteiger partial charge < -0.3 is 5.11 Å². The Balaban J connectivity index is 3.17. The Labute approximate surface area is 98.6 Å². The second kappa shape index (κ2) is 4.41. The minimum absolute atomic E-state index is 0.0869. The summed E-state index contributed by atoms with van der Waals surface area (Å²) in [4.78, 5) is 10.6. The number of carboxylic acids is 1. The van der Waals surface area contributed by atoms with Gasteiger partial charge in [0.2, 0.25) is 0 Å². The van der Waals surface area contributed by atoms with E-state index in [0.29, 0.717) is 0 Å². The average Bonchev–Trinajstić information content (AvgIpc) is 2.05.